The van der Waals surface area contributed by atoms with Gasteiger partial charge in [0.2, 0.25) is 5.95 Å². The van der Waals surface area contributed by atoms with E-state index in [0.29, 0.717) is 63.8 Å². The van der Waals surface area contributed by atoms with Gasteiger partial charge in [-0.3, -0.25) is 4.79 Å². The van der Waals surface area contributed by atoms with Gasteiger partial charge in [0.05, 0.1) is 46.4 Å². The number of nitrogens with one attached hydrogen (secondary N) is 2. The average Bonchev–Trinajstić information content (AvgIpc) is 3.17. The number of amides is 3. The Labute approximate surface area is 240 Å². The molecular formula is C26H34IN5O7. The summed E-state index contributed by atoms with van der Waals surface area (Å²) in [5, 5.41) is 12.8. The van der Waals surface area contributed by atoms with E-state index in [0.717, 1.165) is 5.69 Å². The van der Waals surface area contributed by atoms with Gasteiger partial charge in [-0.2, -0.15) is 0 Å². The Morgan fingerprint density at radius 2 is 1.95 bits per heavy atom. The van der Waals surface area contributed by atoms with Gasteiger partial charge in [-0.15, -0.1) is 4.90 Å². The average molecular weight is 655 g/mol. The Morgan fingerprint density at radius 3 is 2.54 bits per heavy atom. The molecule has 0 aliphatic carbocycles. The summed E-state index contributed by atoms with van der Waals surface area (Å²) < 4.78 is 17.3. The summed E-state index contributed by atoms with van der Waals surface area (Å²) in [5.74, 6) is -0.610. The molecule has 0 aromatic carbocycles. The normalized spacial score (nSPS) is 19.7. The molecular weight excluding hydrogens is 621 g/mol. The molecule has 4 heterocycles. The summed E-state index contributed by atoms with van der Waals surface area (Å²) in [4.78, 5) is 50.5. The summed E-state index contributed by atoms with van der Waals surface area (Å²) in [6.45, 7) is 12.9. The van der Waals surface area contributed by atoms with Crippen molar-refractivity contribution < 1.29 is 33.7 Å². The van der Waals surface area contributed by atoms with E-state index in [-0.39, 0.29) is 23.9 Å². The minimum Gasteiger partial charge on any atom is -0.464 e. The molecule has 3 amide bonds. The number of aromatic amines is 1. The summed E-state index contributed by atoms with van der Waals surface area (Å²) in [6.07, 6.45) is -0.619. The maximum absolute atomic E-state index is 13.0. The van der Waals surface area contributed by atoms with Gasteiger partial charge < -0.3 is 29.6 Å². The summed E-state index contributed by atoms with van der Waals surface area (Å²) in [5.41, 5.74) is 1.55. The molecule has 12 nitrogen and oxygen atoms in total. The molecule has 0 radical (unpaired) electrons. The highest BCUT2D eigenvalue weighted by Gasteiger charge is 2.37. The van der Waals surface area contributed by atoms with Gasteiger partial charge in [0.1, 0.15) is 5.60 Å². The van der Waals surface area contributed by atoms with Gasteiger partial charge in [-0.05, 0) is 55.2 Å². The standard InChI is InChI=1S/C26H34IN5O7/c1-25(2,3)15-11-29-22(32(23(34)35)24(36)39-26(4,5)6)31-19(15)20-17(27)16-18(30-20)13(10-28-21(16)33)9-14-12-37-7-8-38-14/h11,13-14,30H,7-10,12H2,1-6H3,(H,28,33)(H,34,35). The quantitative estimate of drug-likeness (QED) is 0.406. The van der Waals surface area contributed by atoms with Crippen molar-refractivity contribution in [1.82, 2.24) is 20.3 Å². The number of halogens is 1. The summed E-state index contributed by atoms with van der Waals surface area (Å²) >= 11 is 2.11. The molecule has 4 rings (SSSR count). The summed E-state index contributed by atoms with van der Waals surface area (Å²) in [6, 6.07) is 0. The highest BCUT2D eigenvalue weighted by Crippen LogP contribution is 2.40. The third-order valence-corrected chi connectivity index (χ3v) is 7.41. The number of aromatic nitrogens is 3. The zero-order valence-electron chi connectivity index (χ0n) is 22.9. The Bertz CT molecular complexity index is 1270. The van der Waals surface area contributed by atoms with Gasteiger partial charge >= 0.3 is 12.2 Å². The van der Waals surface area contributed by atoms with E-state index in [1.165, 1.54) is 6.20 Å². The van der Waals surface area contributed by atoms with Crippen LogP contribution in [0.15, 0.2) is 6.20 Å². The van der Waals surface area contributed by atoms with Gasteiger partial charge in [-0.25, -0.2) is 19.6 Å². The predicted molar refractivity (Wildman–Crippen MR) is 150 cm³/mol. The molecule has 1 saturated heterocycles. The number of carbonyl (C=O) groups excluding carboxylic acids is 2. The number of hydrogen-bond donors (Lipinski definition) is 3. The number of hydrogen-bond acceptors (Lipinski definition) is 8. The highest BCUT2D eigenvalue weighted by molar-refractivity contribution is 14.1. The van der Waals surface area contributed by atoms with Crippen LogP contribution in [0.4, 0.5) is 15.5 Å². The molecule has 2 aromatic heterocycles. The van der Waals surface area contributed by atoms with E-state index in [1.807, 2.05) is 20.8 Å². The van der Waals surface area contributed by atoms with Gasteiger partial charge in [0, 0.05) is 29.9 Å². The van der Waals surface area contributed by atoms with Crippen LogP contribution in [0.1, 0.15) is 75.5 Å². The molecule has 212 valence electrons. The number of carbonyl (C=O) groups is 3. The van der Waals surface area contributed by atoms with Crippen molar-refractivity contribution in [1.29, 1.82) is 0 Å². The van der Waals surface area contributed by atoms with E-state index in [9.17, 15) is 19.5 Å². The lowest BCUT2D eigenvalue weighted by Crippen LogP contribution is -2.41. The third kappa shape index (κ3) is 6.35. The Kier molecular flexibility index (Phi) is 8.24. The van der Waals surface area contributed by atoms with E-state index in [4.69, 9.17) is 14.2 Å². The number of anilines is 1. The second-order valence-corrected chi connectivity index (χ2v) is 12.7. The smallest absolute Gasteiger partial charge is 0.427 e. The maximum Gasteiger partial charge on any atom is 0.427 e. The fourth-order valence-corrected chi connectivity index (χ4v) is 5.48. The molecule has 2 atom stereocenters. The van der Waals surface area contributed by atoms with Crippen molar-refractivity contribution in [2.45, 2.75) is 71.0 Å². The number of imide groups is 1. The van der Waals surface area contributed by atoms with Crippen LogP contribution in [0, 0.1) is 3.57 Å². The minimum atomic E-state index is -1.58. The van der Waals surface area contributed by atoms with Crippen LogP contribution in [0.5, 0.6) is 0 Å². The zero-order valence-corrected chi connectivity index (χ0v) is 25.0. The van der Waals surface area contributed by atoms with Crippen molar-refractivity contribution >= 4 is 46.6 Å². The van der Waals surface area contributed by atoms with Gasteiger partial charge in [0.25, 0.3) is 5.91 Å². The monoisotopic (exact) mass is 655 g/mol. The molecule has 2 unspecified atom stereocenters. The van der Waals surface area contributed by atoms with E-state index >= 15 is 0 Å². The SMILES string of the molecule is CC(C)(C)OC(=O)N(C(=O)O)c1ncc(C(C)(C)C)c(-c2[nH]c3c(c2I)C(=O)NCC3CC2COCCO2)n1. The van der Waals surface area contributed by atoms with Crippen LogP contribution < -0.4 is 10.2 Å². The van der Waals surface area contributed by atoms with Crippen LogP contribution in [0.3, 0.4) is 0 Å². The zero-order chi connectivity index (χ0) is 28.7. The topological polar surface area (TPSA) is 156 Å². The van der Waals surface area contributed by atoms with Crippen LogP contribution in [0.2, 0.25) is 0 Å². The Hall–Kier alpha value is -2.78. The molecule has 0 saturated carbocycles. The first-order valence-electron chi connectivity index (χ1n) is 12.7. The van der Waals surface area contributed by atoms with Crippen molar-refractivity contribution in [3.8, 4) is 11.4 Å². The van der Waals surface area contributed by atoms with E-state index in [2.05, 4.69) is 42.9 Å². The number of H-pyrrole nitrogens is 1. The molecule has 1 fully saturated rings. The number of fused-ring (bicyclic) bond motifs is 1. The second kappa shape index (κ2) is 11.0. The fourth-order valence-electron chi connectivity index (χ4n) is 4.56. The fraction of sp³-hybridized carbons (Fsp3) is 0.577. The van der Waals surface area contributed by atoms with Crippen LogP contribution in [-0.2, 0) is 19.6 Å². The van der Waals surface area contributed by atoms with E-state index < -0.39 is 23.2 Å². The first-order valence-corrected chi connectivity index (χ1v) is 13.8. The van der Waals surface area contributed by atoms with E-state index in [1.54, 1.807) is 20.8 Å². The molecule has 2 aliphatic rings. The lowest BCUT2D eigenvalue weighted by atomic mass is 9.86. The molecule has 13 heteroatoms. The summed E-state index contributed by atoms with van der Waals surface area (Å²) in [7, 11) is 0. The number of carboxylic acid groups (broad SMARTS) is 1. The second-order valence-electron chi connectivity index (χ2n) is 11.6. The van der Waals surface area contributed by atoms with Crippen molar-refractivity contribution in [2.24, 2.45) is 0 Å². The van der Waals surface area contributed by atoms with Gasteiger partial charge in [-0.1, -0.05) is 20.8 Å². The number of rotatable bonds is 4. The predicted octanol–water partition coefficient (Wildman–Crippen LogP) is 4.43. The van der Waals surface area contributed by atoms with Crippen molar-refractivity contribution in [3.05, 3.63) is 26.6 Å². The molecule has 2 aliphatic heterocycles. The minimum absolute atomic E-state index is 0.0525. The number of ether oxygens (including phenoxy) is 3. The largest absolute Gasteiger partial charge is 0.464 e. The Morgan fingerprint density at radius 1 is 1.23 bits per heavy atom. The third-order valence-electron chi connectivity index (χ3n) is 6.33. The molecule has 39 heavy (non-hydrogen) atoms. The molecule has 0 spiro atoms. The molecule has 3 N–H and O–H groups in total. The molecule has 2 aromatic rings. The van der Waals surface area contributed by atoms with Crippen LogP contribution in [-0.4, -0.2) is 76.2 Å². The van der Waals surface area contributed by atoms with Crippen molar-refractivity contribution in [2.75, 3.05) is 31.3 Å². The van der Waals surface area contributed by atoms with Gasteiger partial charge in [0.15, 0.2) is 0 Å². The van der Waals surface area contributed by atoms with Crippen LogP contribution in [0.25, 0.3) is 11.4 Å². The van der Waals surface area contributed by atoms with Crippen molar-refractivity contribution in [3.63, 3.8) is 0 Å². The maximum atomic E-state index is 13.0. The first kappa shape index (κ1) is 29.2. The lowest BCUT2D eigenvalue weighted by molar-refractivity contribution is -0.0928. The van der Waals surface area contributed by atoms with Crippen LogP contribution >= 0.6 is 22.6 Å². The Balaban J connectivity index is 1.82. The molecule has 0 bridgehead atoms. The first-order chi connectivity index (χ1) is 18.2. The highest BCUT2D eigenvalue weighted by atomic mass is 127. The lowest BCUT2D eigenvalue weighted by Gasteiger charge is -2.29. The number of nitrogens with zero attached hydrogens (tertiary/aromatic N) is 3.